The molecule has 2 aromatic carbocycles. The van der Waals surface area contributed by atoms with Crippen LogP contribution in [-0.4, -0.2) is 71.0 Å². The molecule has 2 atom stereocenters. The van der Waals surface area contributed by atoms with E-state index in [0.29, 0.717) is 43.4 Å². The summed E-state index contributed by atoms with van der Waals surface area (Å²) in [7, 11) is 0. The van der Waals surface area contributed by atoms with Gasteiger partial charge in [-0.1, -0.05) is 51.4 Å². The number of nitrogens with two attached hydrogens (primary N) is 2. The summed E-state index contributed by atoms with van der Waals surface area (Å²) >= 11 is 5.97. The maximum atomic E-state index is 13.8. The fraction of sp³-hybridized carbons (Fsp3) is 0.500. The first-order chi connectivity index (χ1) is 18.5. The number of benzene rings is 2. The highest BCUT2D eigenvalue weighted by molar-refractivity contribution is 6.30. The molecule has 0 aliphatic heterocycles. The van der Waals surface area contributed by atoms with Gasteiger partial charge in [-0.25, -0.2) is 0 Å². The standard InChI is InChI=1S/C30H43ClN4O4/c1-5-12-34(13-6-2)29(38)23-16-22(28(33)37)17-24(18-23)30(39)35(14-11-20(3)4)19-27(36)26(32)15-21-7-9-25(31)10-8-21/h7-10,16-18,20,26-27,36H,5-6,11-15,19,32H2,1-4H3,(H2,33,37)/t26-,27+/m0/s1. The van der Waals surface area contributed by atoms with E-state index in [1.54, 1.807) is 17.0 Å². The lowest BCUT2D eigenvalue weighted by atomic mass is 10.00. The highest BCUT2D eigenvalue weighted by Crippen LogP contribution is 2.18. The van der Waals surface area contributed by atoms with Crippen LogP contribution in [0.2, 0.25) is 5.02 Å². The normalized spacial score (nSPS) is 12.7. The number of aliphatic hydroxyl groups is 1. The van der Waals surface area contributed by atoms with Gasteiger partial charge in [0.1, 0.15) is 0 Å². The second-order valence-corrected chi connectivity index (χ2v) is 10.9. The van der Waals surface area contributed by atoms with Gasteiger partial charge in [-0.2, -0.15) is 0 Å². The van der Waals surface area contributed by atoms with Gasteiger partial charge in [0.2, 0.25) is 5.91 Å². The lowest BCUT2D eigenvalue weighted by Gasteiger charge is -2.29. The van der Waals surface area contributed by atoms with Crippen LogP contribution in [0.15, 0.2) is 42.5 Å². The molecule has 0 unspecified atom stereocenters. The highest BCUT2D eigenvalue weighted by Gasteiger charge is 2.26. The minimum absolute atomic E-state index is 0.00217. The molecule has 0 spiro atoms. The molecule has 0 bridgehead atoms. The molecule has 9 heteroatoms. The Bertz CT molecular complexity index is 1100. The van der Waals surface area contributed by atoms with Gasteiger partial charge in [-0.3, -0.25) is 14.4 Å². The van der Waals surface area contributed by atoms with Gasteiger partial charge < -0.3 is 26.4 Å². The summed E-state index contributed by atoms with van der Waals surface area (Å²) < 4.78 is 0. The van der Waals surface area contributed by atoms with Crippen LogP contribution >= 0.6 is 11.6 Å². The van der Waals surface area contributed by atoms with Gasteiger partial charge in [0.25, 0.3) is 11.8 Å². The molecule has 2 aromatic rings. The van der Waals surface area contributed by atoms with Crippen LogP contribution in [0.25, 0.3) is 0 Å². The predicted octanol–water partition coefficient (Wildman–Crippen LogP) is 4.12. The first-order valence-corrected chi connectivity index (χ1v) is 14.1. The van der Waals surface area contributed by atoms with Crippen molar-refractivity contribution in [1.29, 1.82) is 0 Å². The van der Waals surface area contributed by atoms with E-state index in [2.05, 4.69) is 0 Å². The molecule has 0 saturated heterocycles. The third kappa shape index (κ3) is 9.95. The zero-order valence-electron chi connectivity index (χ0n) is 23.5. The average Bonchev–Trinajstić information content (AvgIpc) is 2.90. The van der Waals surface area contributed by atoms with E-state index < -0.39 is 24.0 Å². The van der Waals surface area contributed by atoms with Gasteiger partial charge in [0.15, 0.2) is 0 Å². The molecule has 0 saturated carbocycles. The smallest absolute Gasteiger partial charge is 0.253 e. The molecule has 8 nitrogen and oxygen atoms in total. The Labute approximate surface area is 237 Å². The molecule has 0 radical (unpaired) electrons. The van der Waals surface area contributed by atoms with Crippen LogP contribution in [0.4, 0.5) is 0 Å². The van der Waals surface area contributed by atoms with Crippen molar-refractivity contribution in [3.05, 3.63) is 69.7 Å². The summed E-state index contributed by atoms with van der Waals surface area (Å²) in [4.78, 5) is 42.4. The van der Waals surface area contributed by atoms with E-state index in [0.717, 1.165) is 18.4 Å². The first kappa shape index (κ1) is 32.3. The number of rotatable bonds is 15. The second kappa shape index (κ2) is 15.6. The first-order valence-electron chi connectivity index (χ1n) is 13.7. The number of aliphatic hydroxyl groups excluding tert-OH is 1. The summed E-state index contributed by atoms with van der Waals surface area (Å²) in [6.45, 7) is 9.58. The van der Waals surface area contributed by atoms with E-state index in [1.165, 1.54) is 23.1 Å². The van der Waals surface area contributed by atoms with Crippen LogP contribution in [-0.2, 0) is 6.42 Å². The van der Waals surface area contributed by atoms with Crippen molar-refractivity contribution in [2.75, 3.05) is 26.2 Å². The molecule has 5 N–H and O–H groups in total. The fourth-order valence-electron chi connectivity index (χ4n) is 4.32. The number of primary amides is 1. The van der Waals surface area contributed by atoms with Crippen LogP contribution in [0.5, 0.6) is 0 Å². The molecule has 0 fully saturated rings. The number of halogens is 1. The zero-order chi connectivity index (χ0) is 29.1. The van der Waals surface area contributed by atoms with Crippen LogP contribution < -0.4 is 11.5 Å². The molecule has 0 heterocycles. The zero-order valence-corrected chi connectivity index (χ0v) is 24.3. The number of hydrogen-bond donors (Lipinski definition) is 3. The van der Waals surface area contributed by atoms with Crippen LogP contribution in [0, 0.1) is 5.92 Å². The molecule has 3 amide bonds. The lowest BCUT2D eigenvalue weighted by molar-refractivity contribution is 0.0563. The van der Waals surface area contributed by atoms with Crippen molar-refractivity contribution in [2.45, 2.75) is 65.5 Å². The molecular formula is C30H43ClN4O4. The highest BCUT2D eigenvalue weighted by atomic mass is 35.5. The molecule has 0 aromatic heterocycles. The minimum atomic E-state index is -0.998. The molecule has 2 rings (SSSR count). The minimum Gasteiger partial charge on any atom is -0.390 e. The topological polar surface area (TPSA) is 130 Å². The Kier molecular flexibility index (Phi) is 12.9. The predicted molar refractivity (Wildman–Crippen MR) is 156 cm³/mol. The number of carbonyl (C=O) groups is 3. The van der Waals surface area contributed by atoms with Gasteiger partial charge in [0, 0.05) is 53.9 Å². The summed E-state index contributed by atoms with van der Waals surface area (Å²) in [5.74, 6) is -1.07. The molecular weight excluding hydrogens is 516 g/mol. The fourth-order valence-corrected chi connectivity index (χ4v) is 4.44. The van der Waals surface area contributed by atoms with Crippen molar-refractivity contribution >= 4 is 29.3 Å². The maximum absolute atomic E-state index is 13.8. The number of hydrogen-bond acceptors (Lipinski definition) is 5. The molecule has 39 heavy (non-hydrogen) atoms. The number of nitrogens with zero attached hydrogens (tertiary/aromatic N) is 2. The van der Waals surface area contributed by atoms with E-state index >= 15 is 0 Å². The van der Waals surface area contributed by atoms with E-state index in [1.807, 2.05) is 39.8 Å². The largest absolute Gasteiger partial charge is 0.390 e. The quantitative estimate of drug-likeness (QED) is 0.303. The summed E-state index contributed by atoms with van der Waals surface area (Å²) in [6, 6.07) is 11.0. The third-order valence-electron chi connectivity index (χ3n) is 6.54. The van der Waals surface area contributed by atoms with Gasteiger partial charge >= 0.3 is 0 Å². The third-order valence-corrected chi connectivity index (χ3v) is 6.79. The Morgan fingerprint density at radius 3 is 1.87 bits per heavy atom. The number of carbonyl (C=O) groups excluding carboxylic acids is 3. The van der Waals surface area contributed by atoms with Crippen molar-refractivity contribution in [3.8, 4) is 0 Å². The Morgan fingerprint density at radius 2 is 1.38 bits per heavy atom. The Balaban J connectivity index is 2.35. The van der Waals surface area contributed by atoms with Crippen molar-refractivity contribution in [1.82, 2.24) is 9.80 Å². The Morgan fingerprint density at radius 1 is 0.872 bits per heavy atom. The van der Waals surface area contributed by atoms with E-state index in [-0.39, 0.29) is 29.1 Å². The SMILES string of the molecule is CCCN(CCC)C(=O)c1cc(C(N)=O)cc(C(=O)N(CCC(C)C)C[C@@H](O)[C@@H](N)Cc2ccc(Cl)cc2)c1. The van der Waals surface area contributed by atoms with Gasteiger partial charge in [-0.05, 0) is 67.5 Å². The summed E-state index contributed by atoms with van der Waals surface area (Å²) in [5.41, 5.74) is 13.3. The Hall–Kier alpha value is -2.94. The van der Waals surface area contributed by atoms with E-state index in [4.69, 9.17) is 23.1 Å². The van der Waals surface area contributed by atoms with Crippen molar-refractivity contribution in [2.24, 2.45) is 17.4 Å². The molecule has 0 aliphatic rings. The average molecular weight is 559 g/mol. The second-order valence-electron chi connectivity index (χ2n) is 10.5. The lowest BCUT2D eigenvalue weighted by Crippen LogP contribution is -2.47. The van der Waals surface area contributed by atoms with Gasteiger partial charge in [0.05, 0.1) is 6.10 Å². The van der Waals surface area contributed by atoms with Gasteiger partial charge in [-0.15, -0.1) is 0 Å². The monoisotopic (exact) mass is 558 g/mol. The molecule has 0 aliphatic carbocycles. The maximum Gasteiger partial charge on any atom is 0.253 e. The molecule has 214 valence electrons. The van der Waals surface area contributed by atoms with Crippen molar-refractivity contribution in [3.63, 3.8) is 0 Å². The van der Waals surface area contributed by atoms with Crippen LogP contribution in [0.3, 0.4) is 0 Å². The summed E-state index contributed by atoms with van der Waals surface area (Å²) in [5, 5.41) is 11.6. The van der Waals surface area contributed by atoms with Crippen molar-refractivity contribution < 1.29 is 19.5 Å². The number of amides is 3. The van der Waals surface area contributed by atoms with E-state index in [9.17, 15) is 19.5 Å². The van der Waals surface area contributed by atoms with Crippen LogP contribution in [0.1, 0.15) is 83.6 Å². The summed E-state index contributed by atoms with van der Waals surface area (Å²) in [6.07, 6.45) is 1.67.